The number of halogens is 1. The molecule has 0 aromatic heterocycles. The number of guanidine groups is 1. The van der Waals surface area contributed by atoms with Gasteiger partial charge < -0.3 is 20.3 Å². The van der Waals surface area contributed by atoms with Crippen molar-refractivity contribution in [1.82, 2.24) is 15.5 Å². The first-order valence-corrected chi connectivity index (χ1v) is 12.2. The Bertz CT molecular complexity index is 963. The highest BCUT2D eigenvalue weighted by atomic mass is 127. The number of carbonyl (C=O) groups is 1. The van der Waals surface area contributed by atoms with Gasteiger partial charge in [-0.15, -0.1) is 24.0 Å². The van der Waals surface area contributed by atoms with E-state index in [1.807, 2.05) is 17.9 Å². The van der Waals surface area contributed by atoms with Gasteiger partial charge in [-0.1, -0.05) is 54.1 Å². The van der Waals surface area contributed by atoms with Crippen LogP contribution >= 0.6 is 24.0 Å². The molecule has 2 unspecified atom stereocenters. The minimum Gasteiger partial charge on any atom is -0.373 e. The number of aryl methyl sites for hydroxylation is 1. The van der Waals surface area contributed by atoms with E-state index in [-0.39, 0.29) is 42.5 Å². The van der Waals surface area contributed by atoms with Crippen LogP contribution in [0.2, 0.25) is 0 Å². The monoisotopic (exact) mass is 576 g/mol. The number of hydrogen-bond donors (Lipinski definition) is 2. The largest absolute Gasteiger partial charge is 0.373 e. The highest BCUT2D eigenvalue weighted by Crippen LogP contribution is 2.33. The Kier molecular flexibility index (Phi) is 10.2. The Labute approximate surface area is 220 Å². The molecule has 2 N–H and O–H groups in total. The average Bonchev–Trinajstić information content (AvgIpc) is 2.86. The summed E-state index contributed by atoms with van der Waals surface area (Å²) in [6.07, 6.45) is 3.17. The van der Waals surface area contributed by atoms with Gasteiger partial charge in [0.05, 0.1) is 6.10 Å². The van der Waals surface area contributed by atoms with Gasteiger partial charge in [0.2, 0.25) is 5.91 Å². The van der Waals surface area contributed by atoms with Crippen molar-refractivity contribution in [2.24, 2.45) is 10.9 Å². The number of aliphatic imine (C=N–C) groups is 1. The lowest BCUT2D eigenvalue weighted by atomic mass is 9.89. The molecule has 1 saturated heterocycles. The van der Waals surface area contributed by atoms with Gasteiger partial charge in [0.25, 0.3) is 0 Å². The molecule has 0 spiro atoms. The number of benzene rings is 2. The lowest BCUT2D eigenvalue weighted by Gasteiger charge is -2.32. The van der Waals surface area contributed by atoms with E-state index in [2.05, 4.69) is 65.0 Å². The van der Waals surface area contributed by atoms with Gasteiger partial charge in [0, 0.05) is 38.7 Å². The van der Waals surface area contributed by atoms with Gasteiger partial charge in [0.15, 0.2) is 5.96 Å². The normalized spacial score (nSPS) is 20.2. The van der Waals surface area contributed by atoms with Crippen LogP contribution < -0.4 is 10.6 Å². The molecule has 34 heavy (non-hydrogen) atoms. The number of ether oxygens (including phenoxy) is 1. The van der Waals surface area contributed by atoms with Crippen molar-refractivity contribution in [2.75, 3.05) is 32.8 Å². The first kappa shape index (κ1) is 26.5. The van der Waals surface area contributed by atoms with Crippen molar-refractivity contribution in [3.8, 4) is 0 Å². The number of fused-ring (bicyclic) bond motifs is 1. The van der Waals surface area contributed by atoms with Gasteiger partial charge in [-0.25, -0.2) is 4.99 Å². The second kappa shape index (κ2) is 13.1. The standard InChI is InChI=1S/C27H36N4O2.HI/c1-3-28-27(30-18-25(32)31-15-14-21-7-4-5-8-24(21)19-31)29-17-23-9-6-16-33-26(23)22-12-10-20(2)11-13-22;/h4-5,7-8,10-13,23,26H,3,6,9,14-19H2,1-2H3,(H2,28,29,30);1H. The summed E-state index contributed by atoms with van der Waals surface area (Å²) in [5.41, 5.74) is 5.07. The molecular formula is C27H37IN4O2. The Balaban J connectivity index is 0.00000324. The topological polar surface area (TPSA) is 66.0 Å². The molecule has 1 amide bonds. The summed E-state index contributed by atoms with van der Waals surface area (Å²) in [6, 6.07) is 17.0. The second-order valence-corrected chi connectivity index (χ2v) is 9.01. The Morgan fingerprint density at radius 1 is 1.12 bits per heavy atom. The molecule has 2 aromatic carbocycles. The lowest BCUT2D eigenvalue weighted by Crippen LogP contribution is -2.43. The number of rotatable bonds is 6. The third-order valence-corrected chi connectivity index (χ3v) is 6.58. The number of carbonyl (C=O) groups excluding carboxylic acids is 1. The molecule has 0 aliphatic carbocycles. The van der Waals surface area contributed by atoms with Crippen LogP contribution in [0.5, 0.6) is 0 Å². The summed E-state index contributed by atoms with van der Waals surface area (Å²) in [6.45, 7) is 8.04. The molecule has 2 aliphatic heterocycles. The third kappa shape index (κ3) is 6.95. The van der Waals surface area contributed by atoms with Crippen LogP contribution in [0, 0.1) is 12.8 Å². The first-order chi connectivity index (χ1) is 16.1. The van der Waals surface area contributed by atoms with Crippen LogP contribution in [0.25, 0.3) is 0 Å². The van der Waals surface area contributed by atoms with E-state index in [0.29, 0.717) is 18.4 Å². The maximum Gasteiger partial charge on any atom is 0.244 e. The maximum atomic E-state index is 12.8. The Morgan fingerprint density at radius 3 is 2.65 bits per heavy atom. The maximum absolute atomic E-state index is 12.8. The van der Waals surface area contributed by atoms with Gasteiger partial charge in [-0.3, -0.25) is 4.79 Å². The summed E-state index contributed by atoms with van der Waals surface area (Å²) >= 11 is 0. The van der Waals surface area contributed by atoms with Gasteiger partial charge in [0.1, 0.15) is 6.54 Å². The zero-order valence-electron chi connectivity index (χ0n) is 20.3. The molecule has 2 atom stereocenters. The minimum absolute atomic E-state index is 0. The van der Waals surface area contributed by atoms with E-state index in [1.54, 1.807) is 0 Å². The zero-order valence-corrected chi connectivity index (χ0v) is 22.6. The quantitative estimate of drug-likeness (QED) is 0.307. The smallest absolute Gasteiger partial charge is 0.244 e. The number of hydrogen-bond acceptors (Lipinski definition) is 3. The molecule has 2 heterocycles. The predicted octanol–water partition coefficient (Wildman–Crippen LogP) is 4.22. The molecule has 4 rings (SSSR count). The molecule has 0 radical (unpaired) electrons. The van der Waals surface area contributed by atoms with E-state index in [4.69, 9.17) is 4.74 Å². The lowest BCUT2D eigenvalue weighted by molar-refractivity contribution is -0.130. The predicted molar refractivity (Wildman–Crippen MR) is 148 cm³/mol. The molecule has 0 saturated carbocycles. The minimum atomic E-state index is 0. The van der Waals surface area contributed by atoms with Gasteiger partial charge in [-0.2, -0.15) is 0 Å². The summed E-state index contributed by atoms with van der Waals surface area (Å²) in [5, 5.41) is 6.75. The SMILES string of the molecule is CCNC(=NCC(=O)N1CCc2ccccc2C1)NCC1CCCOC1c1ccc(C)cc1.I. The van der Waals surface area contributed by atoms with Crippen molar-refractivity contribution in [3.63, 3.8) is 0 Å². The van der Waals surface area contributed by atoms with E-state index >= 15 is 0 Å². The summed E-state index contributed by atoms with van der Waals surface area (Å²) in [5.74, 6) is 1.12. The van der Waals surface area contributed by atoms with Crippen LogP contribution in [0.15, 0.2) is 53.5 Å². The van der Waals surface area contributed by atoms with Gasteiger partial charge >= 0.3 is 0 Å². The molecule has 1 fully saturated rings. The fourth-order valence-electron chi connectivity index (χ4n) is 4.70. The van der Waals surface area contributed by atoms with E-state index < -0.39 is 0 Å². The first-order valence-electron chi connectivity index (χ1n) is 12.2. The van der Waals surface area contributed by atoms with E-state index in [1.165, 1.54) is 22.3 Å². The highest BCUT2D eigenvalue weighted by molar-refractivity contribution is 14.0. The zero-order chi connectivity index (χ0) is 23.0. The van der Waals surface area contributed by atoms with Crippen LogP contribution in [0.4, 0.5) is 0 Å². The molecule has 0 bridgehead atoms. The molecule has 2 aliphatic rings. The summed E-state index contributed by atoms with van der Waals surface area (Å²) in [7, 11) is 0. The van der Waals surface area contributed by atoms with Crippen molar-refractivity contribution in [2.45, 2.75) is 45.8 Å². The third-order valence-electron chi connectivity index (χ3n) is 6.58. The van der Waals surface area contributed by atoms with Crippen molar-refractivity contribution in [1.29, 1.82) is 0 Å². The second-order valence-electron chi connectivity index (χ2n) is 9.01. The summed E-state index contributed by atoms with van der Waals surface area (Å²) < 4.78 is 6.15. The molecule has 6 nitrogen and oxygen atoms in total. The number of nitrogens with one attached hydrogen (secondary N) is 2. The van der Waals surface area contributed by atoms with E-state index in [9.17, 15) is 4.79 Å². The number of amides is 1. The Morgan fingerprint density at radius 2 is 1.88 bits per heavy atom. The highest BCUT2D eigenvalue weighted by Gasteiger charge is 2.27. The number of nitrogens with zero attached hydrogens (tertiary/aromatic N) is 2. The Hall–Kier alpha value is -2.13. The molecule has 7 heteroatoms. The van der Waals surface area contributed by atoms with Crippen molar-refractivity contribution in [3.05, 3.63) is 70.8 Å². The van der Waals surface area contributed by atoms with E-state index in [0.717, 1.165) is 45.5 Å². The fourth-order valence-corrected chi connectivity index (χ4v) is 4.70. The average molecular weight is 577 g/mol. The van der Waals surface area contributed by atoms with Crippen LogP contribution in [0.1, 0.15) is 48.1 Å². The van der Waals surface area contributed by atoms with Crippen LogP contribution in [-0.4, -0.2) is 49.6 Å². The van der Waals surface area contributed by atoms with Crippen LogP contribution in [-0.2, 0) is 22.5 Å². The molecular weight excluding hydrogens is 539 g/mol. The summed E-state index contributed by atoms with van der Waals surface area (Å²) in [4.78, 5) is 19.3. The van der Waals surface area contributed by atoms with Crippen molar-refractivity contribution >= 4 is 35.8 Å². The molecule has 2 aromatic rings. The molecule has 184 valence electrons. The van der Waals surface area contributed by atoms with Crippen LogP contribution in [0.3, 0.4) is 0 Å². The van der Waals surface area contributed by atoms with Gasteiger partial charge in [-0.05, 0) is 49.8 Å². The fraction of sp³-hybridized carbons (Fsp3) is 0.481. The van der Waals surface area contributed by atoms with Crippen molar-refractivity contribution < 1.29 is 9.53 Å².